The van der Waals surface area contributed by atoms with E-state index in [4.69, 9.17) is 0 Å². The molecule has 0 aromatic carbocycles. The molecule has 0 amide bonds. The molecule has 0 saturated heterocycles. The summed E-state index contributed by atoms with van der Waals surface area (Å²) in [6.45, 7) is 12.6. The highest BCUT2D eigenvalue weighted by Gasteiger charge is 2.50. The van der Waals surface area contributed by atoms with Crippen LogP contribution in [-0.4, -0.2) is 5.78 Å². The van der Waals surface area contributed by atoms with E-state index in [9.17, 15) is 4.79 Å². The topological polar surface area (TPSA) is 17.1 Å². The first kappa shape index (κ1) is 25.5. The van der Waals surface area contributed by atoms with Crippen molar-refractivity contribution in [1.82, 2.24) is 0 Å². The number of Topliss-reactive ketones (excluding diaryl/α,β-unsaturated/α-hetero) is 1. The predicted octanol–water partition coefficient (Wildman–Crippen LogP) is 9.10. The fourth-order valence-electron chi connectivity index (χ4n) is 7.90. The van der Waals surface area contributed by atoms with Crippen molar-refractivity contribution in [2.45, 2.75) is 112 Å². The number of hydrogen-bond donors (Lipinski definition) is 0. The third-order valence-corrected chi connectivity index (χ3v) is 9.23. The van der Waals surface area contributed by atoms with Crippen LogP contribution in [0.4, 0.5) is 0 Å². The average molecular weight is 439 g/mol. The summed E-state index contributed by atoms with van der Waals surface area (Å²) in [4.78, 5) is 13.1. The normalized spacial score (nSPS) is 37.2. The SMILES string of the molecule is CC.CC.CC1=CC=C(CCC(=O)C2CCC3C2CCC2C4CCC(C)CC4=CCC23)C1. The quantitative estimate of drug-likeness (QED) is 0.400. The molecule has 5 aliphatic carbocycles. The zero-order chi connectivity index (χ0) is 23.3. The standard InChI is InChI=1S/C27H38O.2C2H6/c1-17-3-5-19(15-17)6-14-27(28)26-13-12-24-23-9-7-20-16-18(2)4-8-21(20)22(23)10-11-25(24)26;2*1-2/h3,5,7,18,21-26H,4,6,8-16H2,1-2H3;2*1-2H3. The van der Waals surface area contributed by atoms with Crippen LogP contribution in [0.1, 0.15) is 112 Å². The first-order valence-corrected chi connectivity index (χ1v) is 14.2. The van der Waals surface area contributed by atoms with Gasteiger partial charge in [-0.1, -0.05) is 69.6 Å². The van der Waals surface area contributed by atoms with Gasteiger partial charge in [-0.05, 0) is 107 Å². The summed E-state index contributed by atoms with van der Waals surface area (Å²) in [5.74, 6) is 6.17. The van der Waals surface area contributed by atoms with E-state index in [1.165, 1.54) is 62.5 Å². The molecule has 7 atom stereocenters. The molecule has 0 N–H and O–H groups in total. The molecule has 5 aliphatic rings. The molecule has 3 fully saturated rings. The second-order valence-electron chi connectivity index (χ2n) is 10.9. The molecule has 0 radical (unpaired) electrons. The van der Waals surface area contributed by atoms with Gasteiger partial charge in [0.05, 0.1) is 0 Å². The third kappa shape index (κ3) is 5.34. The van der Waals surface area contributed by atoms with Crippen LogP contribution in [0.3, 0.4) is 0 Å². The molecule has 0 aliphatic heterocycles. The Morgan fingerprint density at radius 1 is 0.875 bits per heavy atom. The van der Waals surface area contributed by atoms with E-state index in [2.05, 4.69) is 32.1 Å². The summed E-state index contributed by atoms with van der Waals surface area (Å²) in [7, 11) is 0. The minimum absolute atomic E-state index is 0.388. The zero-order valence-corrected chi connectivity index (χ0v) is 22.0. The predicted molar refractivity (Wildman–Crippen MR) is 139 cm³/mol. The number of hydrogen-bond acceptors (Lipinski definition) is 1. The molecule has 7 unspecified atom stereocenters. The molecule has 0 aromatic rings. The van der Waals surface area contributed by atoms with Gasteiger partial charge in [0.25, 0.3) is 0 Å². The number of ketones is 1. The maximum Gasteiger partial charge on any atom is 0.136 e. The number of carbonyl (C=O) groups is 1. The van der Waals surface area contributed by atoms with Gasteiger partial charge >= 0.3 is 0 Å². The lowest BCUT2D eigenvalue weighted by Gasteiger charge is -2.49. The molecule has 0 heterocycles. The van der Waals surface area contributed by atoms with E-state index < -0.39 is 0 Å². The number of rotatable bonds is 4. The summed E-state index contributed by atoms with van der Waals surface area (Å²) in [6.07, 6.45) is 20.8. The Morgan fingerprint density at radius 2 is 1.59 bits per heavy atom. The Kier molecular flexibility index (Phi) is 9.44. The Balaban J connectivity index is 0.000000686. The second kappa shape index (κ2) is 11.8. The highest BCUT2D eigenvalue weighted by atomic mass is 16.1. The van der Waals surface area contributed by atoms with E-state index in [0.717, 1.165) is 48.9 Å². The Morgan fingerprint density at radius 3 is 2.31 bits per heavy atom. The molecular formula is C31H50O. The van der Waals surface area contributed by atoms with E-state index in [0.29, 0.717) is 17.6 Å². The van der Waals surface area contributed by atoms with Crippen molar-refractivity contribution in [3.63, 3.8) is 0 Å². The van der Waals surface area contributed by atoms with Gasteiger partial charge in [-0.2, -0.15) is 0 Å². The van der Waals surface area contributed by atoms with Crippen LogP contribution in [0.15, 0.2) is 34.9 Å². The minimum atomic E-state index is 0.388. The van der Waals surface area contributed by atoms with Gasteiger partial charge in [-0.15, -0.1) is 0 Å². The maximum absolute atomic E-state index is 13.1. The summed E-state index contributed by atoms with van der Waals surface area (Å²) in [5.41, 5.74) is 4.74. The van der Waals surface area contributed by atoms with Crippen molar-refractivity contribution in [1.29, 1.82) is 0 Å². The van der Waals surface area contributed by atoms with Crippen LogP contribution in [0.5, 0.6) is 0 Å². The van der Waals surface area contributed by atoms with Gasteiger partial charge in [0, 0.05) is 12.3 Å². The molecule has 1 nitrogen and oxygen atoms in total. The number of allylic oxidation sites excluding steroid dienone is 6. The van der Waals surface area contributed by atoms with Crippen molar-refractivity contribution >= 4 is 5.78 Å². The van der Waals surface area contributed by atoms with Crippen LogP contribution >= 0.6 is 0 Å². The lowest BCUT2D eigenvalue weighted by Crippen LogP contribution is -2.41. The number of fused-ring (bicyclic) bond motifs is 5. The maximum atomic E-state index is 13.1. The van der Waals surface area contributed by atoms with Gasteiger partial charge in [0.15, 0.2) is 0 Å². The average Bonchev–Trinajstić information content (AvgIpc) is 3.45. The summed E-state index contributed by atoms with van der Waals surface area (Å²) in [6, 6.07) is 0. The van der Waals surface area contributed by atoms with E-state index in [1.54, 1.807) is 0 Å². The Hall–Kier alpha value is -1.11. The molecular weight excluding hydrogens is 388 g/mol. The summed E-state index contributed by atoms with van der Waals surface area (Å²) >= 11 is 0. The zero-order valence-electron chi connectivity index (χ0n) is 22.0. The smallest absolute Gasteiger partial charge is 0.136 e. The second-order valence-corrected chi connectivity index (χ2v) is 10.9. The highest BCUT2D eigenvalue weighted by molar-refractivity contribution is 5.82. The monoisotopic (exact) mass is 438 g/mol. The van der Waals surface area contributed by atoms with Crippen LogP contribution in [0, 0.1) is 41.4 Å². The third-order valence-electron chi connectivity index (χ3n) is 9.23. The summed E-state index contributed by atoms with van der Waals surface area (Å²) < 4.78 is 0. The highest BCUT2D eigenvalue weighted by Crippen LogP contribution is 2.58. The fraction of sp³-hybridized carbons (Fsp3) is 0.774. The van der Waals surface area contributed by atoms with Crippen LogP contribution < -0.4 is 0 Å². The van der Waals surface area contributed by atoms with Crippen molar-refractivity contribution in [3.05, 3.63) is 34.9 Å². The number of carbonyl (C=O) groups excluding carboxylic acids is 1. The van der Waals surface area contributed by atoms with E-state index in [1.807, 2.05) is 33.3 Å². The first-order valence-electron chi connectivity index (χ1n) is 14.2. The lowest BCUT2D eigenvalue weighted by molar-refractivity contribution is -0.125. The van der Waals surface area contributed by atoms with Gasteiger partial charge in [0.1, 0.15) is 5.78 Å². The molecule has 3 saturated carbocycles. The van der Waals surface area contributed by atoms with Gasteiger partial charge in [0.2, 0.25) is 0 Å². The van der Waals surface area contributed by atoms with E-state index >= 15 is 0 Å². The molecule has 32 heavy (non-hydrogen) atoms. The molecule has 0 bridgehead atoms. The molecule has 5 rings (SSSR count). The van der Waals surface area contributed by atoms with Crippen molar-refractivity contribution in [3.8, 4) is 0 Å². The molecule has 0 spiro atoms. The van der Waals surface area contributed by atoms with Crippen molar-refractivity contribution in [2.75, 3.05) is 0 Å². The van der Waals surface area contributed by atoms with Gasteiger partial charge < -0.3 is 0 Å². The van der Waals surface area contributed by atoms with Crippen LogP contribution in [-0.2, 0) is 4.79 Å². The van der Waals surface area contributed by atoms with Crippen molar-refractivity contribution in [2.24, 2.45) is 41.4 Å². The van der Waals surface area contributed by atoms with Gasteiger partial charge in [-0.3, -0.25) is 4.79 Å². The first-order chi connectivity index (χ1) is 15.6. The minimum Gasteiger partial charge on any atom is -0.299 e. The molecule has 0 aromatic heterocycles. The Bertz CT molecular complexity index is 723. The lowest BCUT2D eigenvalue weighted by atomic mass is 9.55. The molecule has 180 valence electrons. The Labute approximate surface area is 199 Å². The fourth-order valence-corrected chi connectivity index (χ4v) is 7.90. The van der Waals surface area contributed by atoms with Crippen molar-refractivity contribution < 1.29 is 4.79 Å². The van der Waals surface area contributed by atoms with Crippen LogP contribution in [0.25, 0.3) is 0 Å². The molecule has 1 heteroatoms. The van der Waals surface area contributed by atoms with E-state index in [-0.39, 0.29) is 0 Å². The van der Waals surface area contributed by atoms with Crippen LogP contribution in [0.2, 0.25) is 0 Å². The van der Waals surface area contributed by atoms with Gasteiger partial charge in [-0.25, -0.2) is 0 Å². The summed E-state index contributed by atoms with van der Waals surface area (Å²) in [5, 5.41) is 0. The largest absolute Gasteiger partial charge is 0.299 e.